The summed E-state index contributed by atoms with van der Waals surface area (Å²) in [5.41, 5.74) is 2.60. The first kappa shape index (κ1) is 21.0. The van der Waals surface area contributed by atoms with E-state index in [4.69, 9.17) is 4.74 Å². The van der Waals surface area contributed by atoms with E-state index in [1.165, 1.54) is 0 Å². The van der Waals surface area contributed by atoms with Crippen molar-refractivity contribution in [3.8, 4) is 5.75 Å². The molecule has 1 aromatic carbocycles. The molecule has 3 aliphatic rings. The summed E-state index contributed by atoms with van der Waals surface area (Å²) >= 11 is 0. The van der Waals surface area contributed by atoms with Gasteiger partial charge >= 0.3 is 0 Å². The van der Waals surface area contributed by atoms with E-state index in [-0.39, 0.29) is 17.2 Å². The number of nitrogens with zero attached hydrogens (tertiary/aromatic N) is 5. The quantitative estimate of drug-likeness (QED) is 0.633. The summed E-state index contributed by atoms with van der Waals surface area (Å²) in [4.78, 5) is 30.2. The molecule has 1 unspecified atom stereocenters. The predicted octanol–water partition coefficient (Wildman–Crippen LogP) is 2.46. The van der Waals surface area contributed by atoms with Gasteiger partial charge in [0.1, 0.15) is 12.4 Å². The summed E-state index contributed by atoms with van der Waals surface area (Å²) in [6.07, 6.45) is 7.00. The fraction of sp³-hybridized carbons (Fsp3) is 0.583. The standard InChI is InChI=1S/C24H31N5O3/c1-18-6-7-19-14-21(18)32-13-12-29-15-20(25-26-29)4-2-5-22(30)27-11-9-24(16-27)8-3-10-28(17-24)23(19)31/h6-7,14-15H,2-5,8-13,16-17H2,1H3. The monoisotopic (exact) mass is 437 g/mol. The SMILES string of the molecule is Cc1ccc2cc1OCCn1cc(nn1)CCCC(=O)N1CCC3(CCCN(C3)C2=O)C1. The van der Waals surface area contributed by atoms with Crippen molar-refractivity contribution >= 4 is 11.8 Å². The highest BCUT2D eigenvalue weighted by Gasteiger charge is 2.43. The average molecular weight is 438 g/mol. The van der Waals surface area contributed by atoms with Gasteiger partial charge in [0, 0.05) is 49.8 Å². The smallest absolute Gasteiger partial charge is 0.254 e. The summed E-state index contributed by atoms with van der Waals surface area (Å²) in [5, 5.41) is 8.41. The molecule has 0 aliphatic carbocycles. The van der Waals surface area contributed by atoms with Crippen LogP contribution in [0.5, 0.6) is 5.75 Å². The maximum atomic E-state index is 13.4. The highest BCUT2D eigenvalue weighted by atomic mass is 16.5. The van der Waals surface area contributed by atoms with E-state index >= 15 is 0 Å². The van der Waals surface area contributed by atoms with Gasteiger partial charge in [-0.1, -0.05) is 11.3 Å². The fourth-order valence-electron chi connectivity index (χ4n) is 5.32. The van der Waals surface area contributed by atoms with E-state index in [0.717, 1.165) is 75.3 Å². The lowest BCUT2D eigenvalue weighted by atomic mass is 9.79. The second-order valence-corrected chi connectivity index (χ2v) is 9.55. The first-order valence-electron chi connectivity index (χ1n) is 11.7. The van der Waals surface area contributed by atoms with Crippen molar-refractivity contribution in [1.82, 2.24) is 24.8 Å². The fourth-order valence-corrected chi connectivity index (χ4v) is 5.32. The van der Waals surface area contributed by atoms with Crippen LogP contribution in [0.2, 0.25) is 0 Å². The van der Waals surface area contributed by atoms with Gasteiger partial charge in [0.05, 0.1) is 12.2 Å². The molecule has 0 N–H and O–H groups in total. The topological polar surface area (TPSA) is 80.6 Å². The number of rotatable bonds is 0. The van der Waals surface area contributed by atoms with Crippen molar-refractivity contribution in [2.45, 2.75) is 52.0 Å². The minimum absolute atomic E-state index is 0.0270. The van der Waals surface area contributed by atoms with E-state index in [1.807, 2.05) is 41.1 Å². The molecule has 2 fully saturated rings. The number of amides is 2. The Morgan fingerprint density at radius 1 is 1.00 bits per heavy atom. The lowest BCUT2D eigenvalue weighted by Gasteiger charge is -2.40. The van der Waals surface area contributed by atoms with Gasteiger partial charge < -0.3 is 14.5 Å². The van der Waals surface area contributed by atoms with Crippen LogP contribution in [0.1, 0.15) is 53.7 Å². The summed E-state index contributed by atoms with van der Waals surface area (Å²) in [5.74, 6) is 1.00. The molecule has 1 atom stereocenters. The van der Waals surface area contributed by atoms with Gasteiger partial charge in [-0.2, -0.15) is 0 Å². The Morgan fingerprint density at radius 2 is 1.88 bits per heavy atom. The third kappa shape index (κ3) is 4.23. The van der Waals surface area contributed by atoms with Crippen LogP contribution >= 0.6 is 0 Å². The van der Waals surface area contributed by atoms with Crippen LogP contribution in [-0.4, -0.2) is 69.4 Å². The van der Waals surface area contributed by atoms with Crippen molar-refractivity contribution in [3.05, 3.63) is 41.2 Å². The molecule has 1 aromatic heterocycles. The van der Waals surface area contributed by atoms with Crippen molar-refractivity contribution in [2.24, 2.45) is 5.41 Å². The first-order chi connectivity index (χ1) is 15.5. The lowest BCUT2D eigenvalue weighted by molar-refractivity contribution is -0.130. The van der Waals surface area contributed by atoms with Crippen molar-refractivity contribution in [2.75, 3.05) is 32.8 Å². The Bertz CT molecular complexity index is 1020. The van der Waals surface area contributed by atoms with E-state index in [2.05, 4.69) is 10.3 Å². The molecule has 0 radical (unpaired) electrons. The van der Waals surface area contributed by atoms with Crippen LogP contribution < -0.4 is 4.74 Å². The van der Waals surface area contributed by atoms with Gasteiger partial charge in [0.2, 0.25) is 5.91 Å². The van der Waals surface area contributed by atoms with E-state index in [0.29, 0.717) is 25.1 Å². The number of hydrogen-bond donors (Lipinski definition) is 0. The zero-order valence-corrected chi connectivity index (χ0v) is 18.8. The van der Waals surface area contributed by atoms with Crippen molar-refractivity contribution in [1.29, 1.82) is 0 Å². The molecule has 5 rings (SSSR count). The molecule has 3 aliphatic heterocycles. The molecule has 0 saturated carbocycles. The van der Waals surface area contributed by atoms with Gasteiger partial charge in [-0.15, -0.1) is 5.10 Å². The Labute approximate surface area is 188 Å². The van der Waals surface area contributed by atoms with Crippen LogP contribution in [0.15, 0.2) is 24.4 Å². The Kier molecular flexibility index (Phi) is 5.61. The molecule has 1 spiro atoms. The molecule has 7 bridgehead atoms. The molecule has 2 saturated heterocycles. The molecular weight excluding hydrogens is 406 g/mol. The Balaban J connectivity index is 1.41. The lowest BCUT2D eigenvalue weighted by Crippen LogP contribution is -2.47. The summed E-state index contributed by atoms with van der Waals surface area (Å²) in [7, 11) is 0. The number of aromatic nitrogens is 3. The van der Waals surface area contributed by atoms with Crippen LogP contribution in [0.3, 0.4) is 0 Å². The van der Waals surface area contributed by atoms with E-state index in [1.54, 1.807) is 4.68 Å². The minimum atomic E-state index is 0.0270. The van der Waals surface area contributed by atoms with Gasteiger partial charge in [0.25, 0.3) is 5.91 Å². The number of ether oxygens (including phenoxy) is 1. The van der Waals surface area contributed by atoms with Crippen LogP contribution in [0.4, 0.5) is 0 Å². The number of carbonyl (C=O) groups is 2. The predicted molar refractivity (Wildman–Crippen MR) is 118 cm³/mol. The normalized spacial score (nSPS) is 24.5. The first-order valence-corrected chi connectivity index (χ1v) is 11.7. The van der Waals surface area contributed by atoms with Crippen molar-refractivity contribution < 1.29 is 14.3 Å². The third-order valence-electron chi connectivity index (χ3n) is 7.16. The number of aryl methyl sites for hydroxylation is 2. The van der Waals surface area contributed by atoms with Crippen LogP contribution in [-0.2, 0) is 17.8 Å². The van der Waals surface area contributed by atoms with Crippen LogP contribution in [0.25, 0.3) is 0 Å². The molecule has 4 heterocycles. The molecule has 2 aromatic rings. The van der Waals surface area contributed by atoms with Crippen molar-refractivity contribution in [3.63, 3.8) is 0 Å². The number of benzene rings is 1. The highest BCUT2D eigenvalue weighted by molar-refractivity contribution is 5.95. The summed E-state index contributed by atoms with van der Waals surface area (Å²) in [6.45, 7) is 6.06. The summed E-state index contributed by atoms with van der Waals surface area (Å²) in [6, 6.07) is 5.71. The molecule has 170 valence electrons. The maximum Gasteiger partial charge on any atom is 0.254 e. The minimum Gasteiger partial charge on any atom is -0.491 e. The third-order valence-corrected chi connectivity index (χ3v) is 7.16. The van der Waals surface area contributed by atoms with Gasteiger partial charge in [-0.25, -0.2) is 4.68 Å². The van der Waals surface area contributed by atoms with Gasteiger partial charge in [0.15, 0.2) is 0 Å². The van der Waals surface area contributed by atoms with E-state index in [9.17, 15) is 9.59 Å². The molecule has 8 heteroatoms. The van der Waals surface area contributed by atoms with E-state index < -0.39 is 0 Å². The molecular formula is C24H31N5O3. The highest BCUT2D eigenvalue weighted by Crippen LogP contribution is 2.39. The average Bonchev–Trinajstić information content (AvgIpc) is 3.41. The second kappa shape index (κ2) is 8.56. The Morgan fingerprint density at radius 3 is 2.78 bits per heavy atom. The number of piperidine rings is 1. The molecule has 32 heavy (non-hydrogen) atoms. The summed E-state index contributed by atoms with van der Waals surface area (Å²) < 4.78 is 7.79. The van der Waals surface area contributed by atoms with Crippen LogP contribution in [0, 0.1) is 12.3 Å². The number of carbonyl (C=O) groups excluding carboxylic acids is 2. The Hall–Kier alpha value is -2.90. The molecule has 8 nitrogen and oxygen atoms in total. The number of fused-ring (bicyclic) bond motifs is 6. The van der Waals surface area contributed by atoms with Gasteiger partial charge in [-0.05, 0) is 56.7 Å². The molecule has 2 amide bonds. The largest absolute Gasteiger partial charge is 0.491 e. The van der Waals surface area contributed by atoms with Gasteiger partial charge in [-0.3, -0.25) is 9.59 Å². The number of hydrogen-bond acceptors (Lipinski definition) is 5. The zero-order chi connectivity index (χ0) is 22.1. The zero-order valence-electron chi connectivity index (χ0n) is 18.8. The second-order valence-electron chi connectivity index (χ2n) is 9.55. The maximum absolute atomic E-state index is 13.4.